The minimum absolute atomic E-state index is 0.0283. The maximum atomic E-state index is 12.1. The number of imide groups is 1. The minimum Gasteiger partial charge on any atom is -0.380 e. The summed E-state index contributed by atoms with van der Waals surface area (Å²) in [5.41, 5.74) is 0. The van der Waals surface area contributed by atoms with E-state index in [0.29, 0.717) is 32.5 Å². The maximum absolute atomic E-state index is 12.1. The van der Waals surface area contributed by atoms with Crippen LogP contribution < -0.4 is 0 Å². The number of nitrogens with zero attached hydrogens (tertiary/aromatic N) is 2. The third-order valence-electron chi connectivity index (χ3n) is 2.92. The van der Waals surface area contributed by atoms with E-state index < -0.39 is 0 Å². The second-order valence-corrected chi connectivity index (χ2v) is 4.25. The standard InChI is InChI=1S/C13H20N2O3/c1-4-5-6-8-15-12(16)7-9-14(13(15)17)10-11(2)18-3/h11H,6-10H2,1-3H3/t11-/m0/s1. The van der Waals surface area contributed by atoms with Gasteiger partial charge in [-0.15, -0.1) is 11.8 Å². The van der Waals surface area contributed by atoms with E-state index in [2.05, 4.69) is 11.8 Å². The Labute approximate surface area is 108 Å². The highest BCUT2D eigenvalue weighted by Gasteiger charge is 2.31. The molecule has 18 heavy (non-hydrogen) atoms. The Balaban J connectivity index is 2.61. The summed E-state index contributed by atoms with van der Waals surface area (Å²) in [4.78, 5) is 26.8. The minimum atomic E-state index is -0.229. The maximum Gasteiger partial charge on any atom is 0.326 e. The summed E-state index contributed by atoms with van der Waals surface area (Å²) in [6.45, 7) is 5.00. The van der Waals surface area contributed by atoms with E-state index in [0.717, 1.165) is 0 Å². The number of hydrogen-bond acceptors (Lipinski definition) is 3. The Morgan fingerprint density at radius 3 is 2.78 bits per heavy atom. The SMILES string of the molecule is CC#CCCN1C(=O)CCN(C[C@H](C)OC)C1=O. The Morgan fingerprint density at radius 2 is 2.17 bits per heavy atom. The van der Waals surface area contributed by atoms with Crippen LogP contribution in [0.1, 0.15) is 26.7 Å². The predicted molar refractivity (Wildman–Crippen MR) is 67.8 cm³/mol. The summed E-state index contributed by atoms with van der Waals surface area (Å²) in [7, 11) is 1.61. The summed E-state index contributed by atoms with van der Waals surface area (Å²) in [5.74, 6) is 5.51. The van der Waals surface area contributed by atoms with Crippen LogP contribution in [0.15, 0.2) is 0 Å². The Morgan fingerprint density at radius 1 is 1.44 bits per heavy atom. The van der Waals surface area contributed by atoms with Gasteiger partial charge >= 0.3 is 6.03 Å². The molecule has 3 amide bonds. The van der Waals surface area contributed by atoms with Crippen LogP contribution >= 0.6 is 0 Å². The highest BCUT2D eigenvalue weighted by molar-refractivity contribution is 5.96. The first-order valence-electron chi connectivity index (χ1n) is 6.11. The normalized spacial score (nSPS) is 17.5. The largest absolute Gasteiger partial charge is 0.380 e. The zero-order valence-corrected chi connectivity index (χ0v) is 11.2. The zero-order chi connectivity index (χ0) is 13.5. The van der Waals surface area contributed by atoms with Crippen molar-refractivity contribution in [1.82, 2.24) is 9.80 Å². The van der Waals surface area contributed by atoms with Crippen molar-refractivity contribution in [1.29, 1.82) is 0 Å². The number of carbonyl (C=O) groups is 2. The quantitative estimate of drug-likeness (QED) is 0.688. The molecule has 0 radical (unpaired) electrons. The van der Waals surface area contributed by atoms with E-state index in [-0.39, 0.29) is 18.0 Å². The van der Waals surface area contributed by atoms with E-state index in [9.17, 15) is 9.59 Å². The topological polar surface area (TPSA) is 49.9 Å². The molecule has 0 saturated carbocycles. The van der Waals surface area contributed by atoms with Gasteiger partial charge in [0.05, 0.1) is 6.10 Å². The molecule has 5 nitrogen and oxygen atoms in total. The fourth-order valence-corrected chi connectivity index (χ4v) is 1.81. The van der Waals surface area contributed by atoms with Gasteiger partial charge in [0.2, 0.25) is 5.91 Å². The first-order valence-corrected chi connectivity index (χ1v) is 6.11. The Hall–Kier alpha value is -1.54. The van der Waals surface area contributed by atoms with E-state index in [1.165, 1.54) is 4.90 Å². The van der Waals surface area contributed by atoms with Gasteiger partial charge in [-0.2, -0.15) is 0 Å². The Kier molecular flexibility index (Phi) is 5.66. The highest BCUT2D eigenvalue weighted by Crippen LogP contribution is 2.12. The van der Waals surface area contributed by atoms with Crippen LogP contribution in [0.25, 0.3) is 0 Å². The summed E-state index contributed by atoms with van der Waals surface area (Å²) >= 11 is 0. The molecule has 1 fully saturated rings. The van der Waals surface area contributed by atoms with Crippen LogP contribution in [0.4, 0.5) is 4.79 Å². The van der Waals surface area contributed by atoms with Gasteiger partial charge in [0.1, 0.15) is 0 Å². The molecule has 0 aliphatic carbocycles. The molecule has 1 heterocycles. The van der Waals surface area contributed by atoms with Gasteiger partial charge in [0.25, 0.3) is 0 Å². The molecule has 0 aromatic carbocycles. The number of rotatable bonds is 5. The van der Waals surface area contributed by atoms with Crippen molar-refractivity contribution in [3.63, 3.8) is 0 Å². The fraction of sp³-hybridized carbons (Fsp3) is 0.692. The number of hydrogen-bond donors (Lipinski definition) is 0. The van der Waals surface area contributed by atoms with Gasteiger partial charge in [-0.3, -0.25) is 9.69 Å². The first kappa shape index (κ1) is 14.5. The van der Waals surface area contributed by atoms with Crippen LogP contribution in [-0.2, 0) is 9.53 Å². The average molecular weight is 252 g/mol. The van der Waals surface area contributed by atoms with E-state index in [1.54, 1.807) is 18.9 Å². The number of carbonyl (C=O) groups excluding carboxylic acids is 2. The van der Waals surface area contributed by atoms with Gasteiger partial charge in [0.15, 0.2) is 0 Å². The summed E-state index contributed by atoms with van der Waals surface area (Å²) in [6.07, 6.45) is 0.878. The molecule has 5 heteroatoms. The van der Waals surface area contributed by atoms with Crippen LogP contribution in [0, 0.1) is 11.8 Å². The third kappa shape index (κ3) is 3.74. The molecule has 1 aliphatic rings. The second kappa shape index (κ2) is 7.02. The zero-order valence-electron chi connectivity index (χ0n) is 11.2. The lowest BCUT2D eigenvalue weighted by Gasteiger charge is -2.35. The van der Waals surface area contributed by atoms with Crippen molar-refractivity contribution in [2.75, 3.05) is 26.7 Å². The van der Waals surface area contributed by atoms with Crippen molar-refractivity contribution in [3.8, 4) is 11.8 Å². The molecular formula is C13H20N2O3. The van der Waals surface area contributed by atoms with Crippen molar-refractivity contribution >= 4 is 11.9 Å². The lowest BCUT2D eigenvalue weighted by molar-refractivity contribution is -0.131. The molecule has 1 saturated heterocycles. The van der Waals surface area contributed by atoms with Crippen molar-refractivity contribution in [3.05, 3.63) is 0 Å². The summed E-state index contributed by atoms with van der Waals surface area (Å²) in [5, 5.41) is 0. The van der Waals surface area contributed by atoms with Gasteiger partial charge in [-0.05, 0) is 13.8 Å². The van der Waals surface area contributed by atoms with Crippen molar-refractivity contribution in [2.24, 2.45) is 0 Å². The molecule has 0 N–H and O–H groups in total. The van der Waals surface area contributed by atoms with Crippen molar-refractivity contribution in [2.45, 2.75) is 32.8 Å². The van der Waals surface area contributed by atoms with Crippen LogP contribution in [0.2, 0.25) is 0 Å². The molecular weight excluding hydrogens is 232 g/mol. The smallest absolute Gasteiger partial charge is 0.326 e. The number of methoxy groups -OCH3 is 1. The molecule has 1 atom stereocenters. The van der Waals surface area contributed by atoms with Gasteiger partial charge in [-0.25, -0.2) is 4.79 Å². The number of amides is 3. The monoisotopic (exact) mass is 252 g/mol. The number of ether oxygens (including phenoxy) is 1. The third-order valence-corrected chi connectivity index (χ3v) is 2.92. The van der Waals surface area contributed by atoms with Gasteiger partial charge in [-0.1, -0.05) is 0 Å². The summed E-state index contributed by atoms with van der Waals surface area (Å²) in [6, 6.07) is -0.229. The molecule has 1 aliphatic heterocycles. The Bertz CT molecular complexity index is 370. The van der Waals surface area contributed by atoms with Gasteiger partial charge in [0, 0.05) is 39.6 Å². The molecule has 0 unspecified atom stereocenters. The summed E-state index contributed by atoms with van der Waals surface area (Å²) < 4.78 is 5.14. The van der Waals surface area contributed by atoms with E-state index >= 15 is 0 Å². The molecule has 1 rings (SSSR count). The van der Waals surface area contributed by atoms with Crippen LogP contribution in [-0.4, -0.2) is 54.6 Å². The van der Waals surface area contributed by atoms with Crippen molar-refractivity contribution < 1.29 is 14.3 Å². The molecule has 0 spiro atoms. The fourth-order valence-electron chi connectivity index (χ4n) is 1.81. The predicted octanol–water partition coefficient (Wildman–Crippen LogP) is 1.09. The molecule has 0 bridgehead atoms. The van der Waals surface area contributed by atoms with E-state index in [1.807, 2.05) is 6.92 Å². The molecule has 0 aromatic heterocycles. The molecule has 0 aromatic rings. The second-order valence-electron chi connectivity index (χ2n) is 4.25. The van der Waals surface area contributed by atoms with Gasteiger partial charge < -0.3 is 9.64 Å². The lowest BCUT2D eigenvalue weighted by atomic mass is 10.2. The van der Waals surface area contributed by atoms with E-state index in [4.69, 9.17) is 4.74 Å². The first-order chi connectivity index (χ1) is 8.60. The molecule has 100 valence electrons. The average Bonchev–Trinajstić information content (AvgIpc) is 2.36. The van der Waals surface area contributed by atoms with Crippen LogP contribution in [0.3, 0.4) is 0 Å². The number of urea groups is 1. The van der Waals surface area contributed by atoms with Crippen LogP contribution in [0.5, 0.6) is 0 Å². The lowest BCUT2D eigenvalue weighted by Crippen LogP contribution is -2.54. The highest BCUT2D eigenvalue weighted by atomic mass is 16.5.